The lowest BCUT2D eigenvalue weighted by atomic mass is 10.0. The molecule has 0 radical (unpaired) electrons. The topological polar surface area (TPSA) is 76.1 Å². The maximum atomic E-state index is 12.8. The Labute approximate surface area is 148 Å². The highest BCUT2D eigenvalue weighted by Crippen LogP contribution is 2.25. The van der Waals surface area contributed by atoms with Crippen LogP contribution in [0.3, 0.4) is 0 Å². The molecule has 2 rings (SSSR count). The number of carboxylic acid groups (broad SMARTS) is 1. The van der Waals surface area contributed by atoms with Crippen molar-refractivity contribution in [3.05, 3.63) is 29.8 Å². The molecule has 0 saturated carbocycles. The number of methoxy groups -OCH3 is 1. The van der Waals surface area contributed by atoms with E-state index in [2.05, 4.69) is 13.8 Å². The Balaban J connectivity index is 2.07. The van der Waals surface area contributed by atoms with E-state index in [4.69, 9.17) is 14.6 Å². The maximum Gasteiger partial charge on any atom is 0.305 e. The van der Waals surface area contributed by atoms with Gasteiger partial charge in [-0.05, 0) is 37.0 Å². The Hall–Kier alpha value is -2.08. The lowest BCUT2D eigenvalue weighted by Gasteiger charge is -2.26. The molecule has 6 nitrogen and oxygen atoms in total. The minimum absolute atomic E-state index is 0.0822. The second-order valence-corrected chi connectivity index (χ2v) is 6.82. The number of carbonyl (C=O) groups excluding carboxylic acids is 1. The smallest absolute Gasteiger partial charge is 0.305 e. The van der Waals surface area contributed by atoms with Gasteiger partial charge in [-0.2, -0.15) is 0 Å². The molecule has 1 amide bonds. The van der Waals surface area contributed by atoms with Gasteiger partial charge in [-0.1, -0.05) is 26.0 Å². The van der Waals surface area contributed by atoms with Gasteiger partial charge in [0.05, 0.1) is 12.5 Å². The fourth-order valence-corrected chi connectivity index (χ4v) is 3.14. The van der Waals surface area contributed by atoms with Crippen molar-refractivity contribution in [2.24, 2.45) is 0 Å². The standard InChI is InChI=1S/C19H27NO5/c1-12(2)14-6-5-7-16(8-14)25-13(3)19(23)20-11-17(24-4)9-15(20)10-18(21)22/h5-8,12-13,15,17H,9-11H2,1-4H3,(H,21,22). The summed E-state index contributed by atoms with van der Waals surface area (Å²) >= 11 is 0. The van der Waals surface area contributed by atoms with Gasteiger partial charge >= 0.3 is 5.97 Å². The van der Waals surface area contributed by atoms with Gasteiger partial charge in [0.25, 0.3) is 5.91 Å². The minimum Gasteiger partial charge on any atom is -0.481 e. The Morgan fingerprint density at radius 3 is 2.64 bits per heavy atom. The number of hydrogen-bond donors (Lipinski definition) is 1. The first kappa shape index (κ1) is 19.2. The second-order valence-electron chi connectivity index (χ2n) is 6.82. The quantitative estimate of drug-likeness (QED) is 0.819. The molecule has 0 bridgehead atoms. The zero-order valence-electron chi connectivity index (χ0n) is 15.3. The third kappa shape index (κ3) is 4.95. The largest absolute Gasteiger partial charge is 0.481 e. The Morgan fingerprint density at radius 2 is 2.04 bits per heavy atom. The number of ether oxygens (including phenoxy) is 2. The average molecular weight is 349 g/mol. The van der Waals surface area contributed by atoms with E-state index in [-0.39, 0.29) is 24.5 Å². The molecule has 1 N–H and O–H groups in total. The highest BCUT2D eigenvalue weighted by Gasteiger charge is 2.38. The van der Waals surface area contributed by atoms with E-state index in [0.29, 0.717) is 24.6 Å². The molecule has 6 heteroatoms. The Morgan fingerprint density at radius 1 is 1.32 bits per heavy atom. The number of nitrogens with zero attached hydrogens (tertiary/aromatic N) is 1. The second kappa shape index (κ2) is 8.34. The van der Waals surface area contributed by atoms with Gasteiger partial charge in [-0.15, -0.1) is 0 Å². The molecule has 1 saturated heterocycles. The van der Waals surface area contributed by atoms with Crippen LogP contribution in [0.2, 0.25) is 0 Å². The molecule has 3 unspecified atom stereocenters. The average Bonchev–Trinajstić information content (AvgIpc) is 2.96. The molecule has 1 aliphatic rings. The van der Waals surface area contributed by atoms with Crippen LogP contribution in [0.25, 0.3) is 0 Å². The van der Waals surface area contributed by atoms with Crippen LogP contribution in [0.5, 0.6) is 5.75 Å². The van der Waals surface area contributed by atoms with Crippen molar-refractivity contribution in [3.63, 3.8) is 0 Å². The van der Waals surface area contributed by atoms with Crippen LogP contribution in [0.15, 0.2) is 24.3 Å². The van der Waals surface area contributed by atoms with Crippen molar-refractivity contribution in [1.82, 2.24) is 4.90 Å². The lowest BCUT2D eigenvalue weighted by molar-refractivity contribution is -0.142. The summed E-state index contributed by atoms with van der Waals surface area (Å²) in [6, 6.07) is 7.34. The summed E-state index contributed by atoms with van der Waals surface area (Å²) in [7, 11) is 1.58. The Kier molecular flexibility index (Phi) is 6.42. The van der Waals surface area contributed by atoms with Crippen LogP contribution in [0.4, 0.5) is 0 Å². The number of amides is 1. The number of benzene rings is 1. The van der Waals surface area contributed by atoms with Crippen LogP contribution in [0, 0.1) is 0 Å². The van der Waals surface area contributed by atoms with E-state index in [9.17, 15) is 9.59 Å². The van der Waals surface area contributed by atoms with E-state index in [1.165, 1.54) is 0 Å². The van der Waals surface area contributed by atoms with Crippen LogP contribution < -0.4 is 4.74 Å². The van der Waals surface area contributed by atoms with E-state index in [1.807, 2.05) is 24.3 Å². The van der Waals surface area contributed by atoms with Crippen molar-refractivity contribution < 1.29 is 24.2 Å². The summed E-state index contributed by atoms with van der Waals surface area (Å²) in [6.45, 7) is 6.29. The molecule has 1 aliphatic heterocycles. The molecule has 3 atom stereocenters. The SMILES string of the molecule is COC1CC(CC(=O)O)N(C(=O)C(C)Oc2cccc(C(C)C)c2)C1. The summed E-state index contributed by atoms with van der Waals surface area (Å²) in [5.74, 6) is -0.113. The van der Waals surface area contributed by atoms with Crippen LogP contribution in [-0.4, -0.2) is 53.8 Å². The van der Waals surface area contributed by atoms with E-state index < -0.39 is 12.1 Å². The molecule has 1 aromatic carbocycles. The van der Waals surface area contributed by atoms with Crippen molar-refractivity contribution in [2.75, 3.05) is 13.7 Å². The number of likely N-dealkylation sites (tertiary alicyclic amines) is 1. The molecule has 0 aliphatic carbocycles. The summed E-state index contributed by atoms with van der Waals surface area (Å²) in [5, 5.41) is 9.08. The van der Waals surface area contributed by atoms with E-state index >= 15 is 0 Å². The van der Waals surface area contributed by atoms with Crippen molar-refractivity contribution in [3.8, 4) is 5.75 Å². The summed E-state index contributed by atoms with van der Waals surface area (Å²) in [5.41, 5.74) is 1.14. The summed E-state index contributed by atoms with van der Waals surface area (Å²) < 4.78 is 11.1. The van der Waals surface area contributed by atoms with Gasteiger partial charge in [0.15, 0.2) is 6.10 Å². The number of rotatable bonds is 7. The zero-order valence-corrected chi connectivity index (χ0v) is 15.3. The fourth-order valence-electron chi connectivity index (χ4n) is 3.14. The zero-order chi connectivity index (χ0) is 18.6. The van der Waals surface area contributed by atoms with Gasteiger partial charge in [0.2, 0.25) is 0 Å². The predicted molar refractivity (Wildman–Crippen MR) is 93.8 cm³/mol. The molecule has 1 fully saturated rings. The van der Waals surface area contributed by atoms with E-state index in [0.717, 1.165) is 5.56 Å². The van der Waals surface area contributed by atoms with Crippen LogP contribution >= 0.6 is 0 Å². The fraction of sp³-hybridized carbons (Fsp3) is 0.579. The molecule has 0 aromatic heterocycles. The predicted octanol–water partition coefficient (Wildman–Crippen LogP) is 2.67. The van der Waals surface area contributed by atoms with Gasteiger partial charge in [-0.25, -0.2) is 0 Å². The van der Waals surface area contributed by atoms with E-state index in [1.54, 1.807) is 18.9 Å². The molecule has 1 aromatic rings. The van der Waals surface area contributed by atoms with Crippen molar-refractivity contribution in [1.29, 1.82) is 0 Å². The van der Waals surface area contributed by atoms with Crippen LogP contribution in [0.1, 0.15) is 45.1 Å². The van der Waals surface area contributed by atoms with Crippen LogP contribution in [-0.2, 0) is 14.3 Å². The van der Waals surface area contributed by atoms with Gasteiger partial charge < -0.3 is 19.5 Å². The normalized spacial score (nSPS) is 21.4. The summed E-state index contributed by atoms with van der Waals surface area (Å²) in [6.07, 6.45) is -0.371. The third-order valence-electron chi connectivity index (χ3n) is 4.59. The molecule has 1 heterocycles. The first-order valence-corrected chi connectivity index (χ1v) is 8.63. The van der Waals surface area contributed by atoms with Gasteiger partial charge in [0.1, 0.15) is 5.75 Å². The number of carboxylic acids is 1. The first-order chi connectivity index (χ1) is 11.8. The molecular weight excluding hydrogens is 322 g/mol. The highest BCUT2D eigenvalue weighted by atomic mass is 16.5. The number of carbonyl (C=O) groups is 2. The lowest BCUT2D eigenvalue weighted by Crippen LogP contribution is -2.44. The maximum absolute atomic E-state index is 12.8. The Bertz CT molecular complexity index is 616. The number of aliphatic carboxylic acids is 1. The molecular formula is C19H27NO5. The van der Waals surface area contributed by atoms with Crippen molar-refractivity contribution >= 4 is 11.9 Å². The van der Waals surface area contributed by atoms with Gasteiger partial charge in [-0.3, -0.25) is 9.59 Å². The molecule has 138 valence electrons. The van der Waals surface area contributed by atoms with Gasteiger partial charge in [0, 0.05) is 19.7 Å². The monoisotopic (exact) mass is 349 g/mol. The number of hydrogen-bond acceptors (Lipinski definition) is 4. The highest BCUT2D eigenvalue weighted by molar-refractivity contribution is 5.82. The third-order valence-corrected chi connectivity index (χ3v) is 4.59. The summed E-state index contributed by atoms with van der Waals surface area (Å²) in [4.78, 5) is 25.4. The molecule has 25 heavy (non-hydrogen) atoms. The first-order valence-electron chi connectivity index (χ1n) is 8.63. The molecule has 0 spiro atoms. The van der Waals surface area contributed by atoms with Crippen molar-refractivity contribution in [2.45, 2.75) is 57.8 Å². The minimum atomic E-state index is -0.919.